The monoisotopic (exact) mass is 486 g/mol. The number of amides is 4. The van der Waals surface area contributed by atoms with E-state index in [0.717, 1.165) is 22.4 Å². The predicted molar refractivity (Wildman–Crippen MR) is 131 cm³/mol. The molecule has 184 valence electrons. The van der Waals surface area contributed by atoms with E-state index in [1.807, 2.05) is 45.0 Å². The van der Waals surface area contributed by atoms with Gasteiger partial charge in [0.2, 0.25) is 11.8 Å². The molecule has 4 amide bonds. The lowest BCUT2D eigenvalue weighted by atomic mass is 10.0. The van der Waals surface area contributed by atoms with E-state index in [9.17, 15) is 19.2 Å². The molecular formula is C26H26N6O4. The molecule has 2 aromatic carbocycles. The summed E-state index contributed by atoms with van der Waals surface area (Å²) in [6, 6.07) is 10.5. The van der Waals surface area contributed by atoms with Gasteiger partial charge in [0.15, 0.2) is 5.69 Å². The Labute approximate surface area is 207 Å². The fourth-order valence-corrected chi connectivity index (χ4v) is 4.76. The predicted octanol–water partition coefficient (Wildman–Crippen LogP) is 2.31. The third kappa shape index (κ3) is 3.94. The van der Waals surface area contributed by atoms with Crippen LogP contribution in [0.15, 0.2) is 42.6 Å². The van der Waals surface area contributed by atoms with Crippen LogP contribution in [0.4, 0.5) is 5.69 Å². The highest BCUT2D eigenvalue weighted by atomic mass is 16.2. The molecule has 36 heavy (non-hydrogen) atoms. The number of rotatable bonds is 5. The molecule has 1 atom stereocenters. The summed E-state index contributed by atoms with van der Waals surface area (Å²) in [5.41, 5.74) is 4.97. The molecule has 1 fully saturated rings. The van der Waals surface area contributed by atoms with Crippen molar-refractivity contribution < 1.29 is 19.2 Å². The van der Waals surface area contributed by atoms with Gasteiger partial charge in [0.25, 0.3) is 11.8 Å². The molecule has 1 saturated heterocycles. The number of nitrogens with one attached hydrogen (secondary N) is 1. The number of nitrogens with zero attached hydrogens (tertiary/aromatic N) is 5. The highest BCUT2D eigenvalue weighted by Gasteiger charge is 2.39. The van der Waals surface area contributed by atoms with E-state index in [4.69, 9.17) is 0 Å². The van der Waals surface area contributed by atoms with Crippen LogP contribution in [0.3, 0.4) is 0 Å². The molecule has 0 radical (unpaired) electrons. The van der Waals surface area contributed by atoms with Gasteiger partial charge in [0, 0.05) is 30.8 Å². The second-order valence-electron chi connectivity index (χ2n) is 9.06. The summed E-state index contributed by atoms with van der Waals surface area (Å²) in [5, 5.41) is 10.5. The van der Waals surface area contributed by atoms with Crippen LogP contribution in [0.5, 0.6) is 0 Å². The van der Waals surface area contributed by atoms with Gasteiger partial charge in [0.1, 0.15) is 6.04 Å². The van der Waals surface area contributed by atoms with Gasteiger partial charge in [-0.25, -0.2) is 4.68 Å². The van der Waals surface area contributed by atoms with Gasteiger partial charge < -0.3 is 9.80 Å². The molecule has 1 N–H and O–H groups in total. The Bertz CT molecular complexity index is 1410. The number of carbonyl (C=O) groups excluding carboxylic acids is 4. The van der Waals surface area contributed by atoms with Crippen molar-refractivity contribution in [2.24, 2.45) is 0 Å². The molecule has 3 aromatic rings. The van der Waals surface area contributed by atoms with Crippen LogP contribution in [0.25, 0.3) is 5.69 Å². The number of aromatic nitrogens is 3. The van der Waals surface area contributed by atoms with E-state index in [1.54, 1.807) is 23.2 Å². The molecule has 1 aromatic heterocycles. The zero-order valence-electron chi connectivity index (χ0n) is 20.3. The molecule has 0 aliphatic carbocycles. The van der Waals surface area contributed by atoms with Crippen molar-refractivity contribution >= 4 is 29.3 Å². The molecule has 10 nitrogen and oxygen atoms in total. The molecule has 0 bridgehead atoms. The number of carbonyl (C=O) groups is 4. The van der Waals surface area contributed by atoms with Crippen LogP contribution < -0.4 is 10.2 Å². The SMILES string of the molecule is CCN(C(=O)c1cn(-c2ccc3c(c2)C(=O)N(C2CCC(=O)NC2=O)C3)nn1)c1cccc(C)c1C. The van der Waals surface area contributed by atoms with Crippen molar-refractivity contribution in [1.29, 1.82) is 0 Å². The zero-order valence-corrected chi connectivity index (χ0v) is 20.3. The van der Waals surface area contributed by atoms with E-state index < -0.39 is 11.9 Å². The van der Waals surface area contributed by atoms with E-state index in [1.165, 1.54) is 9.58 Å². The minimum Gasteiger partial charge on any atom is -0.322 e. The summed E-state index contributed by atoms with van der Waals surface area (Å²) in [4.78, 5) is 53.3. The van der Waals surface area contributed by atoms with Gasteiger partial charge in [-0.1, -0.05) is 23.4 Å². The zero-order chi connectivity index (χ0) is 25.6. The van der Waals surface area contributed by atoms with Gasteiger partial charge >= 0.3 is 0 Å². The smallest absolute Gasteiger partial charge is 0.280 e. The standard InChI is InChI=1S/C26H26N6O4/c1-4-30(21-7-5-6-15(2)16(21)3)26(36)20-14-32(29-28-20)18-9-8-17-13-31(25(35)19(17)12-18)22-10-11-23(33)27-24(22)34/h5-9,12,14,22H,4,10-11,13H2,1-3H3,(H,27,33,34). The lowest BCUT2D eigenvalue weighted by Gasteiger charge is -2.29. The van der Waals surface area contributed by atoms with E-state index in [-0.39, 0.29) is 29.8 Å². The van der Waals surface area contributed by atoms with Crippen molar-refractivity contribution in [2.45, 2.75) is 46.2 Å². The Morgan fingerprint density at radius 2 is 1.97 bits per heavy atom. The van der Waals surface area contributed by atoms with Gasteiger partial charge in [-0.05, 0) is 62.1 Å². The van der Waals surface area contributed by atoms with E-state index >= 15 is 0 Å². The Morgan fingerprint density at radius 1 is 1.17 bits per heavy atom. The van der Waals surface area contributed by atoms with Gasteiger partial charge in [-0.3, -0.25) is 24.5 Å². The molecule has 0 spiro atoms. The number of anilines is 1. The van der Waals surface area contributed by atoms with Crippen LogP contribution >= 0.6 is 0 Å². The lowest BCUT2D eigenvalue weighted by Crippen LogP contribution is -2.52. The number of fused-ring (bicyclic) bond motifs is 1. The second-order valence-corrected chi connectivity index (χ2v) is 9.06. The highest BCUT2D eigenvalue weighted by molar-refractivity contribution is 6.06. The minimum atomic E-state index is -0.674. The summed E-state index contributed by atoms with van der Waals surface area (Å²) in [5.74, 6) is -1.31. The summed E-state index contributed by atoms with van der Waals surface area (Å²) < 4.78 is 1.46. The summed E-state index contributed by atoms with van der Waals surface area (Å²) in [7, 11) is 0. The normalized spacial score (nSPS) is 17.2. The van der Waals surface area contributed by atoms with Gasteiger partial charge in [-0.15, -0.1) is 5.10 Å². The van der Waals surface area contributed by atoms with Crippen molar-refractivity contribution in [1.82, 2.24) is 25.2 Å². The molecule has 2 aliphatic heterocycles. The first kappa shape index (κ1) is 23.4. The third-order valence-electron chi connectivity index (χ3n) is 6.92. The number of hydrogen-bond donors (Lipinski definition) is 1. The molecular weight excluding hydrogens is 460 g/mol. The van der Waals surface area contributed by atoms with Crippen LogP contribution in [-0.2, 0) is 16.1 Å². The largest absolute Gasteiger partial charge is 0.322 e. The Balaban J connectivity index is 1.38. The molecule has 3 heterocycles. The topological polar surface area (TPSA) is 118 Å². The Morgan fingerprint density at radius 3 is 2.72 bits per heavy atom. The summed E-state index contributed by atoms with van der Waals surface area (Å²) in [6.45, 7) is 6.66. The maximum Gasteiger partial charge on any atom is 0.280 e. The highest BCUT2D eigenvalue weighted by Crippen LogP contribution is 2.29. The maximum absolute atomic E-state index is 13.3. The first-order valence-electron chi connectivity index (χ1n) is 11.9. The van der Waals surface area contributed by atoms with Crippen LogP contribution in [0.1, 0.15) is 57.3 Å². The van der Waals surface area contributed by atoms with Crippen molar-refractivity contribution in [2.75, 3.05) is 11.4 Å². The number of piperidine rings is 1. The lowest BCUT2D eigenvalue weighted by molar-refractivity contribution is -0.136. The minimum absolute atomic E-state index is 0.190. The first-order valence-corrected chi connectivity index (χ1v) is 11.9. The van der Waals surface area contributed by atoms with Gasteiger partial charge in [-0.2, -0.15) is 0 Å². The van der Waals surface area contributed by atoms with Crippen molar-refractivity contribution in [3.63, 3.8) is 0 Å². The fraction of sp³-hybridized carbons (Fsp3) is 0.308. The summed E-state index contributed by atoms with van der Waals surface area (Å²) in [6.07, 6.45) is 2.06. The molecule has 0 saturated carbocycles. The molecule has 2 aliphatic rings. The maximum atomic E-state index is 13.3. The average molecular weight is 487 g/mol. The first-order chi connectivity index (χ1) is 17.3. The van der Waals surface area contributed by atoms with Crippen LogP contribution in [-0.4, -0.2) is 56.1 Å². The average Bonchev–Trinajstić information content (AvgIpc) is 3.47. The van der Waals surface area contributed by atoms with Crippen molar-refractivity contribution in [3.05, 3.63) is 70.5 Å². The second kappa shape index (κ2) is 9.03. The van der Waals surface area contributed by atoms with Crippen molar-refractivity contribution in [3.8, 4) is 5.69 Å². The molecule has 10 heteroatoms. The number of benzene rings is 2. The fourth-order valence-electron chi connectivity index (χ4n) is 4.76. The van der Waals surface area contributed by atoms with Crippen LogP contribution in [0.2, 0.25) is 0 Å². The molecule has 5 rings (SSSR count). The van der Waals surface area contributed by atoms with E-state index in [0.29, 0.717) is 30.8 Å². The van der Waals surface area contributed by atoms with Gasteiger partial charge in [0.05, 0.1) is 11.9 Å². The Hall–Kier alpha value is -4.34. The molecule has 1 unspecified atom stereocenters. The third-order valence-corrected chi connectivity index (χ3v) is 6.92. The number of aryl methyl sites for hydroxylation is 1. The van der Waals surface area contributed by atoms with Crippen LogP contribution in [0, 0.1) is 13.8 Å². The summed E-state index contributed by atoms with van der Waals surface area (Å²) >= 11 is 0. The Kier molecular flexibility index (Phi) is 5.87. The number of hydrogen-bond acceptors (Lipinski definition) is 6. The number of imide groups is 1. The quantitative estimate of drug-likeness (QED) is 0.553. The van der Waals surface area contributed by atoms with E-state index in [2.05, 4.69) is 15.6 Å².